The number of hydrogen-bond acceptors (Lipinski definition) is 2. The molecule has 8 heteroatoms. The number of rotatable bonds is 4. The van der Waals surface area contributed by atoms with Gasteiger partial charge in [-0.2, -0.15) is 22.0 Å². The van der Waals surface area contributed by atoms with Crippen LogP contribution in [0.3, 0.4) is 0 Å². The number of hydrogen-bond donors (Lipinski definition) is 1. The maximum absolute atomic E-state index is 13.0. The molecule has 0 aliphatic carbocycles. The summed E-state index contributed by atoms with van der Waals surface area (Å²) in [6.45, 7) is 0. The molecule has 1 heterocycles. The van der Waals surface area contributed by atoms with Crippen molar-refractivity contribution in [3.05, 3.63) is 48.0 Å². The second-order valence-corrected chi connectivity index (χ2v) is 5.53. The molecule has 0 aliphatic rings. The molecule has 1 N–H and O–H groups in total. The number of halogens is 5. The van der Waals surface area contributed by atoms with Crippen molar-refractivity contribution in [1.82, 2.24) is 4.98 Å². The van der Waals surface area contributed by atoms with Gasteiger partial charge in [-0.1, -0.05) is 30.3 Å². The third-order valence-electron chi connectivity index (χ3n) is 3.86. The molecule has 0 unspecified atom stereocenters. The third kappa shape index (κ3) is 2.88. The molecule has 0 saturated heterocycles. The fraction of sp³-hybridized carbons (Fsp3) is 0.176. The van der Waals surface area contributed by atoms with Gasteiger partial charge >= 0.3 is 12.1 Å². The number of aromatic nitrogens is 1. The SMILES string of the molecule is O=C(CC(=O)C(F)(F)C(F)(F)F)c1ccc2c(c1)[nH]c1ccccc12. The summed E-state index contributed by atoms with van der Waals surface area (Å²) in [5.74, 6) is -9.12. The lowest BCUT2D eigenvalue weighted by atomic mass is 10.0. The van der Waals surface area contributed by atoms with E-state index in [4.69, 9.17) is 0 Å². The molecule has 0 fully saturated rings. The van der Waals surface area contributed by atoms with Crippen molar-refractivity contribution in [1.29, 1.82) is 0 Å². The van der Waals surface area contributed by atoms with Gasteiger partial charge in [0.1, 0.15) is 0 Å². The number of alkyl halides is 5. The summed E-state index contributed by atoms with van der Waals surface area (Å²) >= 11 is 0. The monoisotopic (exact) mass is 355 g/mol. The summed E-state index contributed by atoms with van der Waals surface area (Å²) < 4.78 is 62.4. The van der Waals surface area contributed by atoms with Gasteiger partial charge < -0.3 is 4.98 Å². The molecule has 0 radical (unpaired) electrons. The van der Waals surface area contributed by atoms with Crippen LogP contribution in [0, 0.1) is 0 Å². The minimum atomic E-state index is -6.02. The second-order valence-electron chi connectivity index (χ2n) is 5.53. The summed E-state index contributed by atoms with van der Waals surface area (Å²) in [6, 6.07) is 11.4. The Morgan fingerprint density at radius 2 is 1.52 bits per heavy atom. The molecule has 25 heavy (non-hydrogen) atoms. The highest BCUT2D eigenvalue weighted by Gasteiger charge is 2.62. The molecule has 130 valence electrons. The Kier molecular flexibility index (Phi) is 3.85. The zero-order valence-electron chi connectivity index (χ0n) is 12.5. The van der Waals surface area contributed by atoms with Gasteiger partial charge in [-0.25, -0.2) is 0 Å². The van der Waals surface area contributed by atoms with Crippen LogP contribution in [-0.2, 0) is 4.79 Å². The molecular weight excluding hydrogens is 345 g/mol. The van der Waals surface area contributed by atoms with Crippen molar-refractivity contribution in [3.8, 4) is 0 Å². The lowest BCUT2D eigenvalue weighted by molar-refractivity contribution is -0.268. The second kappa shape index (κ2) is 5.65. The zero-order chi connectivity index (χ0) is 18.4. The fourth-order valence-electron chi connectivity index (χ4n) is 2.55. The lowest BCUT2D eigenvalue weighted by Crippen LogP contribution is -2.44. The van der Waals surface area contributed by atoms with Crippen molar-refractivity contribution in [2.24, 2.45) is 0 Å². The van der Waals surface area contributed by atoms with E-state index in [0.29, 0.717) is 5.52 Å². The zero-order valence-corrected chi connectivity index (χ0v) is 12.5. The van der Waals surface area contributed by atoms with E-state index in [1.165, 1.54) is 12.1 Å². The van der Waals surface area contributed by atoms with Crippen molar-refractivity contribution in [2.45, 2.75) is 18.5 Å². The predicted octanol–water partition coefficient (Wildman–Crippen LogP) is 4.66. The van der Waals surface area contributed by atoms with Crippen LogP contribution in [0.15, 0.2) is 42.5 Å². The van der Waals surface area contributed by atoms with E-state index in [-0.39, 0.29) is 5.56 Å². The fourth-order valence-corrected chi connectivity index (χ4v) is 2.55. The molecule has 0 aliphatic heterocycles. The van der Waals surface area contributed by atoms with Crippen molar-refractivity contribution < 1.29 is 31.5 Å². The third-order valence-corrected chi connectivity index (χ3v) is 3.86. The number of nitrogens with one attached hydrogen (secondary N) is 1. The van der Waals surface area contributed by atoms with Crippen LogP contribution in [0.5, 0.6) is 0 Å². The van der Waals surface area contributed by atoms with E-state index in [0.717, 1.165) is 16.3 Å². The van der Waals surface area contributed by atoms with Crippen LogP contribution in [-0.4, -0.2) is 28.6 Å². The van der Waals surface area contributed by atoms with Crippen molar-refractivity contribution >= 4 is 33.4 Å². The summed E-state index contributed by atoms with van der Waals surface area (Å²) in [5.41, 5.74) is 1.18. The minimum Gasteiger partial charge on any atom is -0.354 e. The summed E-state index contributed by atoms with van der Waals surface area (Å²) in [4.78, 5) is 26.2. The van der Waals surface area contributed by atoms with Gasteiger partial charge in [0.15, 0.2) is 5.78 Å². The molecule has 3 rings (SSSR count). The van der Waals surface area contributed by atoms with E-state index in [9.17, 15) is 31.5 Å². The number of H-pyrrole nitrogens is 1. The lowest BCUT2D eigenvalue weighted by Gasteiger charge is -2.17. The maximum atomic E-state index is 13.0. The quantitative estimate of drug-likeness (QED) is 0.420. The van der Waals surface area contributed by atoms with Crippen LogP contribution in [0.25, 0.3) is 21.8 Å². The number of carbonyl (C=O) groups is 2. The highest BCUT2D eigenvalue weighted by atomic mass is 19.4. The Morgan fingerprint density at radius 3 is 2.20 bits per heavy atom. The summed E-state index contributed by atoms with van der Waals surface area (Å²) in [7, 11) is 0. The standard InChI is InChI=1S/C17H10F5NO2/c18-16(19,17(20,21)22)15(25)8-14(24)9-5-6-11-10-3-1-2-4-12(10)23-13(11)7-9/h1-7,23H,8H2. The van der Waals surface area contributed by atoms with Crippen LogP contribution >= 0.6 is 0 Å². The number of para-hydroxylation sites is 1. The minimum absolute atomic E-state index is 0.120. The Bertz CT molecular complexity index is 988. The van der Waals surface area contributed by atoms with Gasteiger partial charge in [-0.3, -0.25) is 9.59 Å². The van der Waals surface area contributed by atoms with Crippen LogP contribution < -0.4 is 0 Å². The maximum Gasteiger partial charge on any atom is 0.461 e. The van der Waals surface area contributed by atoms with Gasteiger partial charge in [0.2, 0.25) is 5.78 Å². The summed E-state index contributed by atoms with van der Waals surface area (Å²) in [5, 5.41) is 1.63. The van der Waals surface area contributed by atoms with E-state index in [1.807, 2.05) is 12.1 Å². The smallest absolute Gasteiger partial charge is 0.354 e. The number of aromatic amines is 1. The van der Waals surface area contributed by atoms with Crippen LogP contribution in [0.1, 0.15) is 16.8 Å². The molecule has 0 atom stereocenters. The average molecular weight is 355 g/mol. The Labute approximate surface area is 137 Å². The van der Waals surface area contributed by atoms with Crippen molar-refractivity contribution in [3.63, 3.8) is 0 Å². The highest BCUT2D eigenvalue weighted by molar-refractivity contribution is 6.13. The molecule has 0 amide bonds. The van der Waals surface area contributed by atoms with Gasteiger partial charge in [0, 0.05) is 27.4 Å². The van der Waals surface area contributed by atoms with Crippen molar-refractivity contribution in [2.75, 3.05) is 0 Å². The van der Waals surface area contributed by atoms with Gasteiger partial charge in [0.05, 0.1) is 6.42 Å². The largest absolute Gasteiger partial charge is 0.461 e. The van der Waals surface area contributed by atoms with E-state index in [1.54, 1.807) is 18.2 Å². The van der Waals surface area contributed by atoms with E-state index >= 15 is 0 Å². The molecule has 2 aromatic carbocycles. The number of benzene rings is 2. The topological polar surface area (TPSA) is 49.9 Å². The normalized spacial score (nSPS) is 12.7. The van der Waals surface area contributed by atoms with Gasteiger partial charge in [-0.15, -0.1) is 0 Å². The first kappa shape index (κ1) is 17.1. The first-order valence-electron chi connectivity index (χ1n) is 7.13. The highest BCUT2D eigenvalue weighted by Crippen LogP contribution is 2.37. The average Bonchev–Trinajstić information content (AvgIpc) is 2.91. The van der Waals surface area contributed by atoms with Crippen LogP contribution in [0.2, 0.25) is 0 Å². The van der Waals surface area contributed by atoms with E-state index < -0.39 is 30.1 Å². The number of Topliss-reactive ketones (excluding diaryl/α,β-unsaturated/α-hetero) is 2. The molecule has 0 spiro atoms. The first-order chi connectivity index (χ1) is 11.6. The van der Waals surface area contributed by atoms with E-state index in [2.05, 4.69) is 4.98 Å². The Hall–Kier alpha value is -2.77. The Morgan fingerprint density at radius 1 is 0.880 bits per heavy atom. The van der Waals surface area contributed by atoms with Gasteiger partial charge in [-0.05, 0) is 12.1 Å². The Balaban J connectivity index is 1.90. The molecular formula is C17H10F5NO2. The molecule has 0 bridgehead atoms. The summed E-state index contributed by atoms with van der Waals surface area (Å²) in [6.07, 6.45) is -7.55. The van der Waals surface area contributed by atoms with Gasteiger partial charge in [0.25, 0.3) is 0 Å². The number of carbonyl (C=O) groups excluding carboxylic acids is 2. The van der Waals surface area contributed by atoms with Crippen LogP contribution in [0.4, 0.5) is 22.0 Å². The number of fused-ring (bicyclic) bond motifs is 3. The number of ketones is 2. The predicted molar refractivity (Wildman–Crippen MR) is 80.8 cm³/mol. The first-order valence-corrected chi connectivity index (χ1v) is 7.13. The molecule has 0 saturated carbocycles. The molecule has 1 aromatic heterocycles. The molecule has 3 nitrogen and oxygen atoms in total. The molecule has 3 aromatic rings.